The molecule has 12 heteroatoms. The topological polar surface area (TPSA) is 103 Å². The number of thioether (sulfide) groups is 1. The van der Waals surface area contributed by atoms with Crippen LogP contribution in [0.5, 0.6) is 0 Å². The SMILES string of the molecule is CC(C)NC(=O)N1CCN(c2cc(Cl)nc(SCC(=O)NCCN3CCOCC3)n2)CC1C. The Balaban J connectivity index is 1.48. The average Bonchev–Trinajstić information content (AvgIpc) is 2.77. The van der Waals surface area contributed by atoms with E-state index in [2.05, 4.69) is 30.4 Å². The molecule has 2 N–H and O–H groups in total. The lowest BCUT2D eigenvalue weighted by molar-refractivity contribution is -0.118. The van der Waals surface area contributed by atoms with Crippen LogP contribution >= 0.6 is 23.4 Å². The van der Waals surface area contributed by atoms with Crippen molar-refractivity contribution in [1.29, 1.82) is 0 Å². The Morgan fingerprint density at radius 3 is 2.70 bits per heavy atom. The van der Waals surface area contributed by atoms with E-state index in [-0.39, 0.29) is 29.8 Å². The van der Waals surface area contributed by atoms with E-state index in [9.17, 15) is 9.59 Å². The van der Waals surface area contributed by atoms with Crippen molar-refractivity contribution in [3.8, 4) is 0 Å². The zero-order valence-electron chi connectivity index (χ0n) is 19.6. The number of anilines is 1. The van der Waals surface area contributed by atoms with Gasteiger partial charge in [0.1, 0.15) is 11.0 Å². The van der Waals surface area contributed by atoms with Crippen molar-refractivity contribution in [2.45, 2.75) is 38.0 Å². The molecule has 3 heterocycles. The lowest BCUT2D eigenvalue weighted by atomic mass is 10.2. The van der Waals surface area contributed by atoms with Crippen LogP contribution in [0.25, 0.3) is 0 Å². The molecule has 2 aliphatic rings. The van der Waals surface area contributed by atoms with E-state index in [0.717, 1.165) is 32.8 Å². The number of hydrogen-bond acceptors (Lipinski definition) is 8. The van der Waals surface area contributed by atoms with Crippen LogP contribution in [0.4, 0.5) is 10.6 Å². The van der Waals surface area contributed by atoms with Gasteiger partial charge in [-0.3, -0.25) is 9.69 Å². The minimum atomic E-state index is -0.0585. The van der Waals surface area contributed by atoms with E-state index in [4.69, 9.17) is 16.3 Å². The van der Waals surface area contributed by atoms with Crippen LogP contribution in [0, 0.1) is 0 Å². The van der Waals surface area contributed by atoms with Gasteiger partial charge in [0.25, 0.3) is 0 Å². The molecule has 2 saturated heterocycles. The molecule has 0 saturated carbocycles. The number of urea groups is 1. The second-order valence-corrected chi connectivity index (χ2v) is 9.85. The van der Waals surface area contributed by atoms with Gasteiger partial charge in [-0.2, -0.15) is 0 Å². The predicted molar refractivity (Wildman–Crippen MR) is 130 cm³/mol. The third-order valence-corrected chi connectivity index (χ3v) is 6.51. The summed E-state index contributed by atoms with van der Waals surface area (Å²) in [5, 5.41) is 6.69. The molecule has 0 bridgehead atoms. The van der Waals surface area contributed by atoms with E-state index < -0.39 is 0 Å². The number of piperazine rings is 1. The maximum Gasteiger partial charge on any atom is 0.317 e. The van der Waals surface area contributed by atoms with Gasteiger partial charge in [0.2, 0.25) is 5.91 Å². The Morgan fingerprint density at radius 2 is 2.00 bits per heavy atom. The Kier molecular flexibility index (Phi) is 9.84. The van der Waals surface area contributed by atoms with Gasteiger partial charge in [-0.1, -0.05) is 23.4 Å². The first-order valence-corrected chi connectivity index (χ1v) is 12.7. The molecule has 0 radical (unpaired) electrons. The third-order valence-electron chi connectivity index (χ3n) is 5.47. The van der Waals surface area contributed by atoms with Crippen molar-refractivity contribution in [2.24, 2.45) is 0 Å². The standard InChI is InChI=1S/C21H34ClN7O3S/c1-15(2)24-21(31)29-7-6-28(13-16(29)3)18-12-17(22)25-20(26-18)33-14-19(30)23-4-5-27-8-10-32-11-9-27/h12,15-16H,4-11,13-14H2,1-3H3,(H,23,30)(H,24,31). The Hall–Kier alpha value is -1.82. The predicted octanol–water partition coefficient (Wildman–Crippen LogP) is 1.30. The highest BCUT2D eigenvalue weighted by molar-refractivity contribution is 7.99. The maximum atomic E-state index is 12.4. The number of hydrogen-bond donors (Lipinski definition) is 2. The number of ether oxygens (including phenoxy) is 1. The molecule has 1 aromatic heterocycles. The Labute approximate surface area is 204 Å². The first kappa shape index (κ1) is 25.8. The van der Waals surface area contributed by atoms with Crippen LogP contribution in [0.2, 0.25) is 5.15 Å². The van der Waals surface area contributed by atoms with E-state index in [1.165, 1.54) is 11.8 Å². The maximum absolute atomic E-state index is 12.4. The third kappa shape index (κ3) is 8.16. The number of carbonyl (C=O) groups is 2. The summed E-state index contributed by atoms with van der Waals surface area (Å²) < 4.78 is 5.33. The van der Waals surface area contributed by atoms with Gasteiger partial charge in [-0.15, -0.1) is 0 Å². The van der Waals surface area contributed by atoms with Gasteiger partial charge in [0.15, 0.2) is 5.16 Å². The lowest BCUT2D eigenvalue weighted by Gasteiger charge is -2.40. The quantitative estimate of drug-likeness (QED) is 0.313. The molecule has 1 aromatic rings. The van der Waals surface area contributed by atoms with Crippen LogP contribution < -0.4 is 15.5 Å². The van der Waals surface area contributed by atoms with Crippen LogP contribution in [-0.4, -0.2) is 109 Å². The largest absolute Gasteiger partial charge is 0.379 e. The summed E-state index contributed by atoms with van der Waals surface area (Å²) in [6.07, 6.45) is 0. The van der Waals surface area contributed by atoms with E-state index in [1.807, 2.05) is 25.7 Å². The molecule has 1 unspecified atom stereocenters. The van der Waals surface area contributed by atoms with Gasteiger partial charge in [-0.25, -0.2) is 14.8 Å². The smallest absolute Gasteiger partial charge is 0.317 e. The van der Waals surface area contributed by atoms with Gasteiger partial charge in [0, 0.05) is 64.0 Å². The van der Waals surface area contributed by atoms with Crippen molar-refractivity contribution in [3.05, 3.63) is 11.2 Å². The average molecular weight is 500 g/mol. The highest BCUT2D eigenvalue weighted by Crippen LogP contribution is 2.24. The fourth-order valence-electron chi connectivity index (χ4n) is 3.77. The summed E-state index contributed by atoms with van der Waals surface area (Å²) in [5.74, 6) is 0.875. The van der Waals surface area contributed by atoms with Crippen LogP contribution in [0.1, 0.15) is 20.8 Å². The van der Waals surface area contributed by atoms with Gasteiger partial charge >= 0.3 is 6.03 Å². The number of nitrogens with zero attached hydrogens (tertiary/aromatic N) is 5. The van der Waals surface area contributed by atoms with Gasteiger partial charge < -0.3 is 25.2 Å². The zero-order valence-corrected chi connectivity index (χ0v) is 21.1. The second-order valence-electron chi connectivity index (χ2n) is 8.52. The van der Waals surface area contributed by atoms with Crippen molar-refractivity contribution in [1.82, 2.24) is 30.4 Å². The monoisotopic (exact) mass is 499 g/mol. The molecule has 0 aromatic carbocycles. The second kappa shape index (κ2) is 12.6. The lowest BCUT2D eigenvalue weighted by Crippen LogP contribution is -2.57. The molecular formula is C21H34ClN7O3S. The van der Waals surface area contributed by atoms with Crippen LogP contribution in [0.15, 0.2) is 11.2 Å². The Morgan fingerprint density at radius 1 is 1.24 bits per heavy atom. The summed E-state index contributed by atoms with van der Waals surface area (Å²) in [6, 6.07) is 1.80. The molecule has 0 spiro atoms. The number of rotatable bonds is 8. The molecular weight excluding hydrogens is 466 g/mol. The number of carbonyl (C=O) groups excluding carboxylic acids is 2. The summed E-state index contributed by atoms with van der Waals surface area (Å²) in [7, 11) is 0. The van der Waals surface area contributed by atoms with Crippen molar-refractivity contribution < 1.29 is 14.3 Å². The first-order valence-electron chi connectivity index (χ1n) is 11.4. The Bertz CT molecular complexity index is 810. The fraction of sp³-hybridized carbons (Fsp3) is 0.714. The molecule has 2 fully saturated rings. The molecule has 3 rings (SSSR count). The fourth-order valence-corrected chi connectivity index (χ4v) is 4.68. The minimum Gasteiger partial charge on any atom is -0.379 e. The number of nitrogens with one attached hydrogen (secondary N) is 2. The molecule has 33 heavy (non-hydrogen) atoms. The highest BCUT2D eigenvalue weighted by Gasteiger charge is 2.28. The number of amides is 3. The summed E-state index contributed by atoms with van der Waals surface area (Å²) in [4.78, 5) is 39.7. The molecule has 10 nitrogen and oxygen atoms in total. The number of morpholine rings is 1. The van der Waals surface area contributed by atoms with E-state index in [1.54, 1.807) is 6.07 Å². The first-order chi connectivity index (χ1) is 15.8. The normalized spacial score (nSPS) is 19.6. The summed E-state index contributed by atoms with van der Waals surface area (Å²) in [6.45, 7) is 12.5. The van der Waals surface area contributed by atoms with Crippen LogP contribution in [-0.2, 0) is 9.53 Å². The van der Waals surface area contributed by atoms with Crippen molar-refractivity contribution in [2.75, 3.05) is 69.7 Å². The number of aromatic nitrogens is 2. The summed E-state index contributed by atoms with van der Waals surface area (Å²) in [5.41, 5.74) is 0. The summed E-state index contributed by atoms with van der Waals surface area (Å²) >= 11 is 7.51. The molecule has 184 valence electrons. The number of halogens is 1. The van der Waals surface area contributed by atoms with Crippen molar-refractivity contribution in [3.63, 3.8) is 0 Å². The van der Waals surface area contributed by atoms with Crippen LogP contribution in [0.3, 0.4) is 0 Å². The zero-order chi connectivity index (χ0) is 23.8. The van der Waals surface area contributed by atoms with Crippen molar-refractivity contribution >= 4 is 41.1 Å². The van der Waals surface area contributed by atoms with E-state index in [0.29, 0.717) is 42.3 Å². The van der Waals surface area contributed by atoms with Gasteiger partial charge in [0.05, 0.1) is 19.0 Å². The highest BCUT2D eigenvalue weighted by atomic mass is 35.5. The molecule has 1 atom stereocenters. The molecule has 3 amide bonds. The molecule has 2 aliphatic heterocycles. The minimum absolute atomic E-state index is 0.0274. The van der Waals surface area contributed by atoms with E-state index >= 15 is 0 Å². The van der Waals surface area contributed by atoms with Gasteiger partial charge in [-0.05, 0) is 20.8 Å². The molecule has 0 aliphatic carbocycles.